The standard InChI is InChI=1S/C36H41F2N7O4/c1-3-25-28(37)6-5-21-13-23(46)14-26(30(21)25)32-31(38)33-27(16-40-32)34-42-35(41-33)49-20-36-8-4-10-45(36)19-24(15-36)48-12-7-29(47)43(2)17-22-18-44(34)11-9-39-22/h5-6,13-14,16,22,24,39,46H,3-4,7-12,15,17-20H2,1-2H3. The molecule has 13 heteroatoms. The van der Waals surface area contributed by atoms with E-state index in [9.17, 15) is 9.90 Å². The fraction of sp³-hybridized carbons (Fsp3) is 0.500. The highest BCUT2D eigenvalue weighted by Gasteiger charge is 2.49. The Morgan fingerprint density at radius 2 is 2.02 bits per heavy atom. The van der Waals surface area contributed by atoms with E-state index < -0.39 is 11.6 Å². The number of phenolic OH excluding ortho intramolecular Hbond substituents is 1. The van der Waals surface area contributed by atoms with Gasteiger partial charge in [0.1, 0.15) is 35.2 Å². The van der Waals surface area contributed by atoms with E-state index in [4.69, 9.17) is 14.5 Å². The van der Waals surface area contributed by atoms with Crippen LogP contribution in [0.1, 0.15) is 38.2 Å². The van der Waals surface area contributed by atoms with Crippen LogP contribution < -0.4 is 15.0 Å². The van der Waals surface area contributed by atoms with E-state index >= 15 is 8.78 Å². The molecule has 3 unspecified atom stereocenters. The van der Waals surface area contributed by atoms with Crippen LogP contribution in [0.3, 0.4) is 0 Å². The lowest BCUT2D eigenvalue weighted by molar-refractivity contribution is -0.131. The normalized spacial score (nSPS) is 25.1. The maximum atomic E-state index is 17.0. The van der Waals surface area contributed by atoms with E-state index in [0.717, 1.165) is 32.4 Å². The molecule has 6 heterocycles. The van der Waals surface area contributed by atoms with E-state index in [1.807, 2.05) is 14.0 Å². The monoisotopic (exact) mass is 673 g/mol. The predicted molar refractivity (Wildman–Crippen MR) is 181 cm³/mol. The average Bonchev–Trinajstić information content (AvgIpc) is 3.64. The van der Waals surface area contributed by atoms with Crippen molar-refractivity contribution < 1.29 is 28.2 Å². The van der Waals surface area contributed by atoms with Gasteiger partial charge in [-0.1, -0.05) is 13.0 Å². The van der Waals surface area contributed by atoms with E-state index in [1.165, 1.54) is 12.1 Å². The largest absolute Gasteiger partial charge is 0.508 e. The summed E-state index contributed by atoms with van der Waals surface area (Å²) in [6, 6.07) is 5.91. The Morgan fingerprint density at radius 1 is 1.14 bits per heavy atom. The van der Waals surface area contributed by atoms with Gasteiger partial charge in [0.25, 0.3) is 0 Å². The van der Waals surface area contributed by atoms with Crippen LogP contribution in [-0.4, -0.2) is 113 Å². The van der Waals surface area contributed by atoms with Gasteiger partial charge in [0.15, 0.2) is 5.82 Å². The molecule has 49 heavy (non-hydrogen) atoms. The Labute approximate surface area is 283 Å². The summed E-state index contributed by atoms with van der Waals surface area (Å²) >= 11 is 0. The molecule has 3 fully saturated rings. The molecule has 6 bridgehead atoms. The minimum atomic E-state index is -0.706. The van der Waals surface area contributed by atoms with Crippen molar-refractivity contribution in [2.75, 3.05) is 64.4 Å². The molecular weight excluding hydrogens is 632 g/mol. The lowest BCUT2D eigenvalue weighted by Crippen LogP contribution is -2.55. The van der Waals surface area contributed by atoms with E-state index in [-0.39, 0.29) is 52.1 Å². The SMILES string of the molecule is CCc1c(F)ccc2cc(O)cc(-c3ncc4c5nc(nc4c3F)OCC34CCCN3CC(C4)OCCC(=O)N(C)CC3CN5CCN3)c12. The molecule has 0 aliphatic carbocycles. The second kappa shape index (κ2) is 12.6. The number of nitrogens with zero attached hydrogens (tertiary/aromatic N) is 6. The zero-order valence-electron chi connectivity index (χ0n) is 27.8. The Bertz CT molecular complexity index is 1950. The van der Waals surface area contributed by atoms with E-state index in [1.54, 1.807) is 23.2 Å². The summed E-state index contributed by atoms with van der Waals surface area (Å²) in [6.07, 6.45) is 4.95. The van der Waals surface area contributed by atoms with E-state index in [2.05, 4.69) is 25.1 Å². The molecule has 2 aromatic carbocycles. The van der Waals surface area contributed by atoms with Crippen LogP contribution in [0, 0.1) is 11.6 Å². The highest BCUT2D eigenvalue weighted by atomic mass is 19.1. The number of hydrogen-bond donors (Lipinski definition) is 2. The van der Waals surface area contributed by atoms with Crippen molar-refractivity contribution in [2.45, 2.75) is 56.7 Å². The molecule has 3 atom stereocenters. The van der Waals surface area contributed by atoms with Gasteiger partial charge in [-0.25, -0.2) is 8.78 Å². The molecule has 4 aliphatic rings. The number of carbonyl (C=O) groups is 1. The summed E-state index contributed by atoms with van der Waals surface area (Å²) in [5, 5.41) is 15.6. The zero-order chi connectivity index (χ0) is 33.9. The highest BCUT2D eigenvalue weighted by molar-refractivity contribution is 6.01. The van der Waals surface area contributed by atoms with Crippen molar-refractivity contribution in [3.8, 4) is 23.0 Å². The number of piperazine rings is 1. The molecule has 0 saturated carbocycles. The Balaban J connectivity index is 1.27. The third kappa shape index (κ3) is 5.71. The number of fused-ring (bicyclic) bond motifs is 9. The van der Waals surface area contributed by atoms with Gasteiger partial charge in [-0.15, -0.1) is 0 Å². The number of aromatic nitrogens is 3. The maximum absolute atomic E-state index is 17.0. The van der Waals surface area contributed by atoms with Gasteiger partial charge >= 0.3 is 6.01 Å². The van der Waals surface area contributed by atoms with Crippen molar-refractivity contribution in [3.05, 3.63) is 47.7 Å². The summed E-state index contributed by atoms with van der Waals surface area (Å²) in [4.78, 5) is 33.4. The molecule has 4 aliphatic heterocycles. The van der Waals surface area contributed by atoms with Crippen LogP contribution in [0.5, 0.6) is 11.8 Å². The number of ether oxygens (including phenoxy) is 2. The van der Waals surface area contributed by atoms with Gasteiger partial charge in [-0.2, -0.15) is 9.97 Å². The number of aryl methyl sites for hydroxylation is 1. The number of carbonyl (C=O) groups excluding carboxylic acids is 1. The van der Waals surface area contributed by atoms with E-state index in [0.29, 0.717) is 79.8 Å². The summed E-state index contributed by atoms with van der Waals surface area (Å²) < 4.78 is 44.7. The molecule has 8 rings (SSSR count). The van der Waals surface area contributed by atoms with Crippen molar-refractivity contribution in [3.63, 3.8) is 0 Å². The molecule has 1 spiro atoms. The second-order valence-corrected chi connectivity index (χ2v) is 13.9. The van der Waals surface area contributed by atoms with Crippen molar-refractivity contribution in [1.82, 2.24) is 30.1 Å². The number of halogens is 2. The fourth-order valence-electron chi connectivity index (χ4n) is 8.40. The second-order valence-electron chi connectivity index (χ2n) is 13.9. The van der Waals surface area contributed by atoms with Crippen LogP contribution in [0.15, 0.2) is 30.5 Å². The minimum Gasteiger partial charge on any atom is -0.508 e. The molecule has 3 saturated heterocycles. The average molecular weight is 674 g/mol. The van der Waals surface area contributed by atoms with Crippen molar-refractivity contribution in [2.24, 2.45) is 0 Å². The molecule has 0 radical (unpaired) electrons. The number of amides is 1. The third-order valence-electron chi connectivity index (χ3n) is 10.8. The van der Waals surface area contributed by atoms with Crippen molar-refractivity contribution >= 4 is 33.4 Å². The Hall–Kier alpha value is -4.20. The molecule has 4 aromatic rings. The minimum absolute atomic E-state index is 0.0150. The molecule has 2 N–H and O–H groups in total. The first-order chi connectivity index (χ1) is 23.7. The fourth-order valence-corrected chi connectivity index (χ4v) is 8.40. The van der Waals surface area contributed by atoms with Crippen LogP contribution >= 0.6 is 0 Å². The number of rotatable bonds is 2. The Morgan fingerprint density at radius 3 is 2.88 bits per heavy atom. The number of likely N-dealkylation sites (N-methyl/N-ethyl adjacent to an activating group) is 1. The van der Waals surface area contributed by atoms with Crippen LogP contribution in [0.2, 0.25) is 0 Å². The lowest BCUT2D eigenvalue weighted by Gasteiger charge is -2.36. The summed E-state index contributed by atoms with van der Waals surface area (Å²) in [5.74, 6) is -0.666. The molecular formula is C36H41F2N7O4. The van der Waals surface area contributed by atoms with Crippen LogP contribution in [0.25, 0.3) is 32.9 Å². The van der Waals surface area contributed by atoms with Crippen LogP contribution in [0.4, 0.5) is 14.6 Å². The number of hydrogen-bond acceptors (Lipinski definition) is 10. The predicted octanol–water partition coefficient (Wildman–Crippen LogP) is 4.03. The van der Waals surface area contributed by atoms with Crippen LogP contribution in [-0.2, 0) is 16.0 Å². The third-order valence-corrected chi connectivity index (χ3v) is 10.8. The quantitative estimate of drug-likeness (QED) is 0.323. The molecule has 2 aromatic heterocycles. The zero-order valence-corrected chi connectivity index (χ0v) is 27.8. The van der Waals surface area contributed by atoms with Gasteiger partial charge in [0, 0.05) is 57.6 Å². The highest BCUT2D eigenvalue weighted by Crippen LogP contribution is 2.42. The van der Waals surface area contributed by atoms with Crippen molar-refractivity contribution in [1.29, 1.82) is 0 Å². The Kier molecular flexibility index (Phi) is 8.24. The van der Waals surface area contributed by atoms with Gasteiger partial charge in [-0.05, 0) is 66.8 Å². The van der Waals surface area contributed by atoms with Gasteiger partial charge < -0.3 is 29.7 Å². The molecule has 258 valence electrons. The molecule has 11 nitrogen and oxygen atoms in total. The lowest BCUT2D eigenvalue weighted by atomic mass is 9.94. The van der Waals surface area contributed by atoms with Gasteiger partial charge in [0.05, 0.1) is 30.1 Å². The van der Waals surface area contributed by atoms with Gasteiger partial charge in [-0.3, -0.25) is 14.7 Å². The van der Waals surface area contributed by atoms with Gasteiger partial charge in [0.2, 0.25) is 5.91 Å². The molecule has 1 amide bonds. The number of phenols is 1. The topological polar surface area (TPSA) is 116 Å². The first kappa shape index (κ1) is 32.0. The maximum Gasteiger partial charge on any atom is 0.319 e. The first-order valence-electron chi connectivity index (χ1n) is 17.3. The smallest absolute Gasteiger partial charge is 0.319 e. The number of benzene rings is 2. The number of anilines is 1. The number of pyridine rings is 1. The number of aromatic hydroxyl groups is 1. The summed E-state index contributed by atoms with van der Waals surface area (Å²) in [5.41, 5.74) is 0.425. The number of nitrogens with one attached hydrogen (secondary N) is 1. The summed E-state index contributed by atoms with van der Waals surface area (Å²) in [7, 11) is 1.81. The first-order valence-corrected chi connectivity index (χ1v) is 17.3. The summed E-state index contributed by atoms with van der Waals surface area (Å²) in [6.45, 7) is 6.44.